The molecule has 1 aliphatic rings. The zero-order valence-corrected chi connectivity index (χ0v) is 32.6. The van der Waals surface area contributed by atoms with Crippen LogP contribution in [0.5, 0.6) is 0 Å². The van der Waals surface area contributed by atoms with Crippen LogP contribution in [0.25, 0.3) is 0 Å². The van der Waals surface area contributed by atoms with E-state index in [1.807, 2.05) is 13.0 Å². The van der Waals surface area contributed by atoms with E-state index in [1.54, 1.807) is 18.2 Å². The van der Waals surface area contributed by atoms with Gasteiger partial charge in [0.2, 0.25) is 17.7 Å². The Labute approximate surface area is 345 Å². The van der Waals surface area contributed by atoms with E-state index in [0.29, 0.717) is 26.7 Å². The SMILES string of the molecule is Cc1cccc(C(=O)NCCCC[C@@H](NC(=O)CN(CC(=O)O)C(=O)CN(CC(=O)O)C(=O)CN(CC(=O)O)C(=O)c2cccc(C(=O)ON3C(=O)CCC3=O)c2)C(=O)O)c1. The Morgan fingerprint density at radius 1 is 0.672 bits per heavy atom. The summed E-state index contributed by atoms with van der Waals surface area (Å²) in [4.78, 5) is 155. The molecule has 1 aliphatic heterocycles. The fourth-order valence-electron chi connectivity index (χ4n) is 5.67. The lowest BCUT2D eigenvalue weighted by atomic mass is 10.1. The van der Waals surface area contributed by atoms with Crippen LogP contribution in [-0.2, 0) is 48.0 Å². The maximum absolute atomic E-state index is 13.4. The van der Waals surface area contributed by atoms with Crippen molar-refractivity contribution >= 4 is 71.2 Å². The molecular formula is C38H42N6O17. The van der Waals surface area contributed by atoms with E-state index in [1.165, 1.54) is 0 Å². The Bertz CT molecular complexity index is 2070. The minimum absolute atomic E-state index is 0.129. The van der Waals surface area contributed by atoms with Crippen molar-refractivity contribution in [2.24, 2.45) is 0 Å². The van der Waals surface area contributed by atoms with Crippen LogP contribution in [0.3, 0.4) is 0 Å². The number of imide groups is 1. The smallest absolute Gasteiger partial charge is 0.363 e. The average molecular weight is 855 g/mol. The highest BCUT2D eigenvalue weighted by Gasteiger charge is 2.34. The van der Waals surface area contributed by atoms with Crippen molar-refractivity contribution in [3.8, 4) is 0 Å². The Morgan fingerprint density at radius 2 is 1.20 bits per heavy atom. The number of carboxylic acids is 4. The molecule has 23 nitrogen and oxygen atoms in total. The Balaban J connectivity index is 1.67. The van der Waals surface area contributed by atoms with E-state index >= 15 is 0 Å². The van der Waals surface area contributed by atoms with Gasteiger partial charge in [0, 0.05) is 30.5 Å². The Kier molecular flexibility index (Phi) is 17.5. The summed E-state index contributed by atoms with van der Waals surface area (Å²) in [6, 6.07) is 9.65. The number of carboxylic acid groups (broad SMARTS) is 4. The molecule has 1 atom stereocenters. The summed E-state index contributed by atoms with van der Waals surface area (Å²) in [6.45, 7) is -4.99. The first-order valence-electron chi connectivity index (χ1n) is 18.3. The summed E-state index contributed by atoms with van der Waals surface area (Å²) in [5, 5.41) is 43.2. The molecule has 0 spiro atoms. The number of nitrogens with one attached hydrogen (secondary N) is 2. The number of hydrogen-bond donors (Lipinski definition) is 6. The molecule has 0 aliphatic carbocycles. The fourth-order valence-corrected chi connectivity index (χ4v) is 5.67. The molecule has 1 fully saturated rings. The molecule has 326 valence electrons. The summed E-state index contributed by atoms with van der Waals surface area (Å²) >= 11 is 0. The molecule has 0 saturated carbocycles. The van der Waals surface area contributed by atoms with E-state index in [-0.39, 0.29) is 48.8 Å². The summed E-state index contributed by atoms with van der Waals surface area (Å²) in [5.74, 6) is -14.6. The quantitative estimate of drug-likeness (QED) is 0.0561. The van der Waals surface area contributed by atoms with Crippen LogP contribution in [-0.4, -0.2) is 163 Å². The molecule has 3 rings (SSSR count). The van der Waals surface area contributed by atoms with Gasteiger partial charge in [0.15, 0.2) is 0 Å². The molecule has 2 aromatic carbocycles. The molecule has 7 amide bonds. The first kappa shape index (κ1) is 47.7. The number of hydroxylamine groups is 2. The average Bonchev–Trinajstić information content (AvgIpc) is 3.50. The Hall–Kier alpha value is -7.72. The minimum atomic E-state index is -1.69. The summed E-state index contributed by atoms with van der Waals surface area (Å²) in [5.41, 5.74) is 0.544. The highest BCUT2D eigenvalue weighted by atomic mass is 16.7. The third-order valence-corrected chi connectivity index (χ3v) is 8.60. The van der Waals surface area contributed by atoms with E-state index in [2.05, 4.69) is 10.6 Å². The van der Waals surface area contributed by atoms with Crippen LogP contribution in [0.15, 0.2) is 48.5 Å². The van der Waals surface area contributed by atoms with Crippen molar-refractivity contribution in [1.82, 2.24) is 30.4 Å². The summed E-state index contributed by atoms with van der Waals surface area (Å²) < 4.78 is 0. The molecular weight excluding hydrogens is 812 g/mol. The van der Waals surface area contributed by atoms with Gasteiger partial charge in [-0.2, -0.15) is 0 Å². The summed E-state index contributed by atoms with van der Waals surface area (Å²) in [7, 11) is 0. The van der Waals surface area contributed by atoms with Gasteiger partial charge in [0.05, 0.1) is 5.56 Å². The highest BCUT2D eigenvalue weighted by molar-refractivity contribution is 6.04. The maximum Gasteiger partial charge on any atom is 0.363 e. The van der Waals surface area contributed by atoms with Crippen molar-refractivity contribution in [3.05, 3.63) is 70.8 Å². The topological polar surface area (TPSA) is 332 Å². The van der Waals surface area contributed by atoms with Gasteiger partial charge in [-0.15, -0.1) is 5.06 Å². The number of unbranched alkanes of at least 4 members (excludes halogenated alkanes) is 1. The van der Waals surface area contributed by atoms with Gasteiger partial charge in [0.1, 0.15) is 45.3 Å². The highest BCUT2D eigenvalue weighted by Crippen LogP contribution is 2.16. The first-order chi connectivity index (χ1) is 28.7. The monoisotopic (exact) mass is 854 g/mol. The molecule has 1 saturated heterocycles. The largest absolute Gasteiger partial charge is 0.480 e. The zero-order chi connectivity index (χ0) is 45.4. The number of hydrogen-bond acceptors (Lipinski definition) is 13. The van der Waals surface area contributed by atoms with Crippen molar-refractivity contribution < 1.29 is 82.8 Å². The van der Waals surface area contributed by atoms with Gasteiger partial charge < -0.3 is 50.6 Å². The predicted molar refractivity (Wildman–Crippen MR) is 202 cm³/mol. The van der Waals surface area contributed by atoms with Crippen LogP contribution in [0.2, 0.25) is 0 Å². The van der Waals surface area contributed by atoms with Gasteiger partial charge in [-0.1, -0.05) is 23.8 Å². The maximum atomic E-state index is 13.4. The van der Waals surface area contributed by atoms with Crippen molar-refractivity contribution in [2.45, 2.75) is 45.1 Å². The lowest BCUT2D eigenvalue weighted by Gasteiger charge is -2.28. The zero-order valence-electron chi connectivity index (χ0n) is 32.6. The molecule has 61 heavy (non-hydrogen) atoms. The molecule has 23 heteroatoms. The summed E-state index contributed by atoms with van der Waals surface area (Å²) in [6.07, 6.45) is -0.00733. The number of aliphatic carboxylic acids is 4. The second-order valence-electron chi connectivity index (χ2n) is 13.5. The lowest BCUT2D eigenvalue weighted by molar-refractivity contribution is -0.172. The van der Waals surface area contributed by atoms with E-state index in [9.17, 15) is 78.0 Å². The number of carbonyl (C=O) groups is 12. The number of amides is 7. The first-order valence-corrected chi connectivity index (χ1v) is 18.3. The van der Waals surface area contributed by atoms with Crippen LogP contribution in [0, 0.1) is 6.92 Å². The molecule has 0 aromatic heterocycles. The van der Waals surface area contributed by atoms with Crippen LogP contribution < -0.4 is 10.6 Å². The lowest BCUT2D eigenvalue weighted by Crippen LogP contribution is -2.52. The van der Waals surface area contributed by atoms with E-state index in [0.717, 1.165) is 29.8 Å². The number of nitrogens with zero attached hydrogens (tertiary/aromatic N) is 4. The van der Waals surface area contributed by atoms with Crippen LogP contribution >= 0.6 is 0 Å². The standard InChI is InChI=1S/C38H42N6O17/c1-22-6-4-7-23(14-22)35(56)39-13-3-2-10-26(37(58)59)40-27(45)16-41(19-32(50)51)30(48)17-42(20-33(52)53)31(49)18-43(21-34(54)55)36(57)24-8-5-9-25(15-24)38(60)61-44-28(46)11-12-29(44)47/h4-9,14-15,26H,2-3,10-13,16-21H2,1H3,(H,39,56)(H,40,45)(H,50,51)(H,52,53)(H,54,55)(H,58,59)/t26-/m1/s1. The predicted octanol–water partition coefficient (Wildman–Crippen LogP) is -1.26. The van der Waals surface area contributed by atoms with Crippen LogP contribution in [0.4, 0.5) is 0 Å². The van der Waals surface area contributed by atoms with Gasteiger partial charge in [0.25, 0.3) is 23.6 Å². The molecule has 0 unspecified atom stereocenters. The number of aryl methyl sites for hydroxylation is 1. The van der Waals surface area contributed by atoms with Gasteiger partial charge in [-0.25, -0.2) is 9.59 Å². The Morgan fingerprint density at radius 3 is 1.77 bits per heavy atom. The molecule has 6 N–H and O–H groups in total. The molecule has 1 heterocycles. The minimum Gasteiger partial charge on any atom is -0.480 e. The third kappa shape index (κ3) is 15.2. The third-order valence-electron chi connectivity index (χ3n) is 8.60. The molecule has 0 bridgehead atoms. The fraction of sp³-hybridized carbons (Fsp3) is 0.368. The van der Waals surface area contributed by atoms with Crippen molar-refractivity contribution in [2.75, 3.05) is 45.8 Å². The van der Waals surface area contributed by atoms with Crippen molar-refractivity contribution in [1.29, 1.82) is 0 Å². The second-order valence-corrected chi connectivity index (χ2v) is 13.5. The van der Waals surface area contributed by atoms with Crippen molar-refractivity contribution in [3.63, 3.8) is 0 Å². The van der Waals surface area contributed by atoms with Gasteiger partial charge in [-0.05, 0) is 56.5 Å². The van der Waals surface area contributed by atoms with E-state index in [4.69, 9.17) is 4.84 Å². The molecule has 0 radical (unpaired) electrons. The normalized spacial score (nSPS) is 12.4. The number of benzene rings is 2. The number of rotatable bonds is 23. The van der Waals surface area contributed by atoms with Crippen LogP contribution in [0.1, 0.15) is 68.7 Å². The number of carbonyl (C=O) groups excluding carboxylic acids is 8. The van der Waals surface area contributed by atoms with E-state index < -0.39 is 116 Å². The van der Waals surface area contributed by atoms with Gasteiger partial charge >= 0.3 is 29.8 Å². The van der Waals surface area contributed by atoms with Gasteiger partial charge in [-0.3, -0.25) is 47.9 Å². The second kappa shape index (κ2) is 22.4. The molecule has 2 aromatic rings.